The zero-order valence-electron chi connectivity index (χ0n) is 11.0. The summed E-state index contributed by atoms with van der Waals surface area (Å²) < 4.78 is 5.22. The van der Waals surface area contributed by atoms with E-state index < -0.39 is 6.10 Å². The van der Waals surface area contributed by atoms with E-state index in [1.54, 1.807) is 31.8 Å². The number of rotatable bonds is 3. The largest absolute Gasteiger partial charge is 0.481 e. The van der Waals surface area contributed by atoms with Gasteiger partial charge in [0.25, 0.3) is 0 Å². The van der Waals surface area contributed by atoms with Gasteiger partial charge in [0.2, 0.25) is 5.88 Å². The van der Waals surface area contributed by atoms with Crippen LogP contribution in [-0.4, -0.2) is 22.2 Å². The van der Waals surface area contributed by atoms with E-state index in [1.807, 2.05) is 30.3 Å². The summed E-state index contributed by atoms with van der Waals surface area (Å²) in [6, 6.07) is 11.3. The van der Waals surface area contributed by atoms with E-state index >= 15 is 0 Å². The van der Waals surface area contributed by atoms with E-state index in [0.717, 1.165) is 16.3 Å². The number of hydrogen-bond donors (Lipinski definition) is 1. The molecule has 0 fully saturated rings. The van der Waals surface area contributed by atoms with Crippen LogP contribution in [0.2, 0.25) is 0 Å². The quantitative estimate of drug-likeness (QED) is 0.792. The first kappa shape index (κ1) is 12.6. The third-order valence-electron chi connectivity index (χ3n) is 3.30. The smallest absolute Gasteiger partial charge is 0.219 e. The Kier molecular flexibility index (Phi) is 3.31. The molecule has 0 saturated carbocycles. The fourth-order valence-electron chi connectivity index (χ4n) is 2.34. The zero-order valence-corrected chi connectivity index (χ0v) is 11.0. The highest BCUT2D eigenvalue weighted by atomic mass is 16.5. The minimum atomic E-state index is -0.787. The van der Waals surface area contributed by atoms with Crippen LogP contribution in [0.3, 0.4) is 0 Å². The molecule has 0 saturated heterocycles. The number of hydrogen-bond acceptors (Lipinski definition) is 4. The second-order valence-corrected chi connectivity index (χ2v) is 4.45. The van der Waals surface area contributed by atoms with Crippen LogP contribution in [0.1, 0.15) is 17.2 Å². The SMILES string of the molecule is COc1ncccc1C(O)c1cccc2cnccc12. The number of pyridine rings is 2. The van der Waals surface area contributed by atoms with E-state index in [-0.39, 0.29) is 0 Å². The van der Waals surface area contributed by atoms with Crippen molar-refractivity contribution in [1.29, 1.82) is 0 Å². The molecule has 4 nitrogen and oxygen atoms in total. The van der Waals surface area contributed by atoms with Crippen molar-refractivity contribution in [3.8, 4) is 5.88 Å². The third-order valence-corrected chi connectivity index (χ3v) is 3.30. The third kappa shape index (κ3) is 2.10. The van der Waals surface area contributed by atoms with E-state index in [1.165, 1.54) is 0 Å². The lowest BCUT2D eigenvalue weighted by atomic mass is 9.97. The molecule has 4 heteroatoms. The average molecular weight is 266 g/mol. The summed E-state index contributed by atoms with van der Waals surface area (Å²) in [5, 5.41) is 12.6. The van der Waals surface area contributed by atoms with Gasteiger partial charge in [-0.05, 0) is 29.1 Å². The Labute approximate surface area is 116 Å². The molecule has 0 amide bonds. The number of aliphatic hydroxyl groups is 1. The molecule has 1 aromatic carbocycles. The van der Waals surface area contributed by atoms with Crippen molar-refractivity contribution in [3.05, 3.63) is 66.1 Å². The van der Waals surface area contributed by atoms with Gasteiger partial charge in [0.1, 0.15) is 6.10 Å². The average Bonchev–Trinajstić information content (AvgIpc) is 2.53. The van der Waals surface area contributed by atoms with Gasteiger partial charge in [-0.3, -0.25) is 4.98 Å². The van der Waals surface area contributed by atoms with Crippen LogP contribution in [-0.2, 0) is 0 Å². The van der Waals surface area contributed by atoms with Gasteiger partial charge in [-0.15, -0.1) is 0 Å². The second-order valence-electron chi connectivity index (χ2n) is 4.45. The second kappa shape index (κ2) is 5.27. The Balaban J connectivity index is 2.15. The van der Waals surface area contributed by atoms with Gasteiger partial charge in [0, 0.05) is 29.5 Å². The highest BCUT2D eigenvalue weighted by Gasteiger charge is 2.18. The first-order valence-corrected chi connectivity index (χ1v) is 6.31. The Bertz CT molecular complexity index is 738. The first-order chi connectivity index (χ1) is 9.81. The molecule has 2 heterocycles. The maximum absolute atomic E-state index is 10.7. The zero-order chi connectivity index (χ0) is 13.9. The summed E-state index contributed by atoms with van der Waals surface area (Å²) in [6.45, 7) is 0. The van der Waals surface area contributed by atoms with Crippen molar-refractivity contribution in [2.75, 3.05) is 7.11 Å². The molecule has 0 aliphatic rings. The number of fused-ring (bicyclic) bond motifs is 1. The Morgan fingerprint density at radius 1 is 1.05 bits per heavy atom. The van der Waals surface area contributed by atoms with E-state index in [9.17, 15) is 5.11 Å². The molecule has 2 aromatic heterocycles. The maximum Gasteiger partial charge on any atom is 0.219 e. The highest BCUT2D eigenvalue weighted by molar-refractivity contribution is 5.85. The van der Waals surface area contributed by atoms with Crippen molar-refractivity contribution < 1.29 is 9.84 Å². The normalized spacial score (nSPS) is 12.3. The minimum Gasteiger partial charge on any atom is -0.481 e. The summed E-state index contributed by atoms with van der Waals surface area (Å²) >= 11 is 0. The number of benzene rings is 1. The number of aromatic nitrogens is 2. The summed E-state index contributed by atoms with van der Waals surface area (Å²) in [5.74, 6) is 0.436. The molecule has 100 valence electrons. The summed E-state index contributed by atoms with van der Waals surface area (Å²) in [4.78, 5) is 8.23. The monoisotopic (exact) mass is 266 g/mol. The van der Waals surface area contributed by atoms with Crippen molar-refractivity contribution in [2.24, 2.45) is 0 Å². The molecule has 0 radical (unpaired) electrons. The fourth-order valence-corrected chi connectivity index (χ4v) is 2.34. The van der Waals surface area contributed by atoms with Crippen LogP contribution < -0.4 is 4.74 Å². The van der Waals surface area contributed by atoms with E-state index in [4.69, 9.17) is 4.74 Å². The summed E-state index contributed by atoms with van der Waals surface area (Å²) in [6.07, 6.45) is 4.36. The molecular weight excluding hydrogens is 252 g/mol. The van der Waals surface area contributed by atoms with Gasteiger partial charge in [-0.1, -0.05) is 18.2 Å². The maximum atomic E-state index is 10.7. The standard InChI is InChI=1S/C16H14N2O2/c1-20-16-14(6-3-8-18-16)15(19)13-5-2-4-11-10-17-9-7-12(11)13/h2-10,15,19H,1H3. The van der Waals surface area contributed by atoms with E-state index in [2.05, 4.69) is 9.97 Å². The van der Waals surface area contributed by atoms with Gasteiger partial charge in [-0.2, -0.15) is 0 Å². The van der Waals surface area contributed by atoms with Crippen molar-refractivity contribution >= 4 is 10.8 Å². The van der Waals surface area contributed by atoms with Crippen molar-refractivity contribution in [3.63, 3.8) is 0 Å². The molecule has 20 heavy (non-hydrogen) atoms. The van der Waals surface area contributed by atoms with Crippen LogP contribution in [0.25, 0.3) is 10.8 Å². The van der Waals surface area contributed by atoms with Gasteiger partial charge < -0.3 is 9.84 Å². The lowest BCUT2D eigenvalue weighted by Crippen LogP contribution is -2.04. The lowest BCUT2D eigenvalue weighted by molar-refractivity contribution is 0.215. The number of ether oxygens (including phenoxy) is 1. The molecule has 3 rings (SSSR count). The van der Waals surface area contributed by atoms with Crippen molar-refractivity contribution in [1.82, 2.24) is 9.97 Å². The first-order valence-electron chi connectivity index (χ1n) is 6.31. The predicted octanol–water partition coefficient (Wildman–Crippen LogP) is 2.72. The summed E-state index contributed by atoms with van der Waals surface area (Å²) in [5.41, 5.74) is 1.47. The number of methoxy groups -OCH3 is 1. The van der Waals surface area contributed by atoms with E-state index in [0.29, 0.717) is 11.4 Å². The molecule has 3 aromatic rings. The molecule has 1 unspecified atom stereocenters. The minimum absolute atomic E-state index is 0.436. The molecule has 1 atom stereocenters. The Morgan fingerprint density at radius 3 is 2.75 bits per heavy atom. The predicted molar refractivity (Wildman–Crippen MR) is 76.6 cm³/mol. The lowest BCUT2D eigenvalue weighted by Gasteiger charge is -2.16. The molecule has 0 aliphatic carbocycles. The number of nitrogens with zero attached hydrogens (tertiary/aromatic N) is 2. The Morgan fingerprint density at radius 2 is 1.90 bits per heavy atom. The van der Waals surface area contributed by atoms with Crippen LogP contribution in [0, 0.1) is 0 Å². The van der Waals surface area contributed by atoms with Gasteiger partial charge >= 0.3 is 0 Å². The van der Waals surface area contributed by atoms with Crippen LogP contribution in [0.5, 0.6) is 5.88 Å². The summed E-state index contributed by atoms with van der Waals surface area (Å²) in [7, 11) is 1.55. The Hall–Kier alpha value is -2.46. The molecular formula is C16H14N2O2. The van der Waals surface area contributed by atoms with Gasteiger partial charge in [-0.25, -0.2) is 4.98 Å². The topological polar surface area (TPSA) is 55.2 Å². The van der Waals surface area contributed by atoms with Gasteiger partial charge in [0.05, 0.1) is 7.11 Å². The van der Waals surface area contributed by atoms with Crippen LogP contribution in [0.15, 0.2) is 55.0 Å². The van der Waals surface area contributed by atoms with Crippen LogP contribution in [0.4, 0.5) is 0 Å². The molecule has 0 spiro atoms. The molecule has 0 aliphatic heterocycles. The van der Waals surface area contributed by atoms with Gasteiger partial charge in [0.15, 0.2) is 0 Å². The number of aliphatic hydroxyl groups excluding tert-OH is 1. The van der Waals surface area contributed by atoms with Crippen LogP contribution >= 0.6 is 0 Å². The fraction of sp³-hybridized carbons (Fsp3) is 0.125. The van der Waals surface area contributed by atoms with Crippen molar-refractivity contribution in [2.45, 2.75) is 6.10 Å². The molecule has 1 N–H and O–H groups in total. The molecule has 0 bridgehead atoms. The highest BCUT2D eigenvalue weighted by Crippen LogP contribution is 2.32.